The zero-order chi connectivity index (χ0) is 18.6. The summed E-state index contributed by atoms with van der Waals surface area (Å²) in [5.41, 5.74) is 4.39. The maximum atomic E-state index is 12.5. The van der Waals surface area contributed by atoms with Gasteiger partial charge in [0.25, 0.3) is 5.91 Å². The van der Waals surface area contributed by atoms with E-state index in [4.69, 9.17) is 4.74 Å². The average molecular weight is 383 g/mol. The molecule has 0 radical (unpaired) electrons. The number of carbonyl (C=O) groups excluding carboxylic acids is 1. The summed E-state index contributed by atoms with van der Waals surface area (Å²) in [6.45, 7) is 3.47. The van der Waals surface area contributed by atoms with E-state index in [-0.39, 0.29) is 5.91 Å². The molecule has 1 amide bonds. The number of aryl methyl sites for hydroxylation is 1. The van der Waals surface area contributed by atoms with Crippen LogP contribution in [-0.2, 0) is 13.7 Å². The first-order valence-electron chi connectivity index (χ1n) is 8.81. The van der Waals surface area contributed by atoms with Gasteiger partial charge in [-0.1, -0.05) is 0 Å². The summed E-state index contributed by atoms with van der Waals surface area (Å²) in [6, 6.07) is 8.08. The lowest BCUT2D eigenvalue weighted by Gasteiger charge is -2.35. The van der Waals surface area contributed by atoms with Gasteiger partial charge >= 0.3 is 0 Å². The third kappa shape index (κ3) is 4.11. The maximum Gasteiger partial charge on any atom is 0.274 e. The Balaban J connectivity index is 1.30. The molecule has 0 aliphatic carbocycles. The Morgan fingerprint density at radius 3 is 2.56 bits per heavy atom. The SMILES string of the molecule is Cn1cnc(C(=O)N2CCN(c3ccc(OCc4cscn4)cc3)CC2)c1. The zero-order valence-electron chi connectivity index (χ0n) is 15.1. The number of anilines is 1. The number of hydrogen-bond acceptors (Lipinski definition) is 6. The van der Waals surface area contributed by atoms with Crippen LogP contribution in [0.4, 0.5) is 5.69 Å². The number of nitrogens with zero attached hydrogens (tertiary/aromatic N) is 5. The zero-order valence-corrected chi connectivity index (χ0v) is 15.9. The van der Waals surface area contributed by atoms with Gasteiger partial charge in [-0.2, -0.15) is 0 Å². The first-order chi connectivity index (χ1) is 13.2. The molecular weight excluding hydrogens is 362 g/mol. The third-order valence-corrected chi connectivity index (χ3v) is 5.20. The Kier molecular flexibility index (Phi) is 5.06. The Hall–Kier alpha value is -2.87. The van der Waals surface area contributed by atoms with Crippen LogP contribution in [0.25, 0.3) is 0 Å². The Labute approximate surface area is 161 Å². The third-order valence-electron chi connectivity index (χ3n) is 4.56. The maximum absolute atomic E-state index is 12.5. The van der Waals surface area contributed by atoms with Gasteiger partial charge in [0.1, 0.15) is 18.1 Å². The highest BCUT2D eigenvalue weighted by atomic mass is 32.1. The van der Waals surface area contributed by atoms with Crippen molar-refractivity contribution in [3.63, 3.8) is 0 Å². The molecule has 140 valence electrons. The van der Waals surface area contributed by atoms with Crippen LogP contribution in [0, 0.1) is 0 Å². The lowest BCUT2D eigenvalue weighted by atomic mass is 10.2. The average Bonchev–Trinajstić information content (AvgIpc) is 3.38. The minimum atomic E-state index is 0.000961. The molecule has 27 heavy (non-hydrogen) atoms. The van der Waals surface area contributed by atoms with Crippen molar-refractivity contribution >= 4 is 22.9 Å². The summed E-state index contributed by atoms with van der Waals surface area (Å²) in [7, 11) is 1.87. The first kappa shape index (κ1) is 17.5. The predicted octanol–water partition coefficient (Wildman–Crippen LogP) is 2.42. The van der Waals surface area contributed by atoms with E-state index in [2.05, 4.69) is 27.0 Å². The second kappa shape index (κ2) is 7.79. The van der Waals surface area contributed by atoms with E-state index in [1.165, 1.54) is 0 Å². The second-order valence-corrected chi connectivity index (χ2v) is 7.18. The standard InChI is InChI=1S/C19H21N5O2S/c1-22-10-18(20-13-22)19(25)24-8-6-23(7-9-24)16-2-4-17(5-3-16)26-11-15-12-27-14-21-15/h2-5,10,12-14H,6-9,11H2,1H3. The topological polar surface area (TPSA) is 63.5 Å². The second-order valence-electron chi connectivity index (χ2n) is 6.47. The van der Waals surface area contributed by atoms with Gasteiger partial charge in [0, 0.05) is 50.5 Å². The number of imidazole rings is 1. The van der Waals surface area contributed by atoms with Crippen LogP contribution >= 0.6 is 11.3 Å². The summed E-state index contributed by atoms with van der Waals surface area (Å²) in [6.07, 6.45) is 3.42. The van der Waals surface area contributed by atoms with Gasteiger partial charge in [-0.25, -0.2) is 9.97 Å². The number of rotatable bonds is 5. The lowest BCUT2D eigenvalue weighted by molar-refractivity contribution is 0.0741. The highest BCUT2D eigenvalue weighted by Crippen LogP contribution is 2.22. The molecule has 7 nitrogen and oxygen atoms in total. The van der Waals surface area contributed by atoms with Crippen molar-refractivity contribution in [1.29, 1.82) is 0 Å². The highest BCUT2D eigenvalue weighted by Gasteiger charge is 2.23. The molecule has 3 heterocycles. The molecule has 0 saturated carbocycles. The smallest absolute Gasteiger partial charge is 0.274 e. The minimum Gasteiger partial charge on any atom is -0.487 e. The number of amides is 1. The van der Waals surface area contributed by atoms with Crippen molar-refractivity contribution in [2.24, 2.45) is 7.05 Å². The molecule has 1 fully saturated rings. The highest BCUT2D eigenvalue weighted by molar-refractivity contribution is 7.07. The van der Waals surface area contributed by atoms with Gasteiger partial charge in [0.2, 0.25) is 0 Å². The number of thiazole rings is 1. The molecule has 1 saturated heterocycles. The fourth-order valence-electron chi connectivity index (χ4n) is 3.07. The van der Waals surface area contributed by atoms with E-state index in [0.29, 0.717) is 25.4 Å². The van der Waals surface area contributed by atoms with Gasteiger partial charge in [-0.3, -0.25) is 4.79 Å². The van der Waals surface area contributed by atoms with Gasteiger partial charge in [-0.15, -0.1) is 11.3 Å². The van der Waals surface area contributed by atoms with Crippen molar-refractivity contribution in [2.45, 2.75) is 6.61 Å². The van der Waals surface area contributed by atoms with Crippen LogP contribution in [0.15, 0.2) is 47.7 Å². The Morgan fingerprint density at radius 2 is 1.93 bits per heavy atom. The molecule has 1 aliphatic heterocycles. The van der Waals surface area contributed by atoms with Gasteiger partial charge in [0.05, 0.1) is 17.5 Å². The van der Waals surface area contributed by atoms with E-state index < -0.39 is 0 Å². The van der Waals surface area contributed by atoms with E-state index in [1.54, 1.807) is 33.9 Å². The Morgan fingerprint density at radius 1 is 1.15 bits per heavy atom. The van der Waals surface area contributed by atoms with E-state index in [1.807, 2.05) is 29.5 Å². The van der Waals surface area contributed by atoms with Gasteiger partial charge in [-0.05, 0) is 24.3 Å². The summed E-state index contributed by atoms with van der Waals surface area (Å²) in [5, 5.41) is 1.99. The molecule has 0 spiro atoms. The molecular formula is C19H21N5O2S. The molecule has 3 aromatic rings. The van der Waals surface area contributed by atoms with Crippen LogP contribution in [0.2, 0.25) is 0 Å². The number of ether oxygens (including phenoxy) is 1. The van der Waals surface area contributed by atoms with Crippen molar-refractivity contribution in [3.8, 4) is 5.75 Å². The van der Waals surface area contributed by atoms with Crippen molar-refractivity contribution in [1.82, 2.24) is 19.4 Å². The van der Waals surface area contributed by atoms with Gasteiger partial charge < -0.3 is 19.1 Å². The molecule has 4 rings (SSSR count). The summed E-state index contributed by atoms with van der Waals surface area (Å²) in [5.74, 6) is 0.830. The molecule has 0 N–H and O–H groups in total. The van der Waals surface area contributed by atoms with Crippen LogP contribution < -0.4 is 9.64 Å². The molecule has 1 aliphatic rings. The number of aromatic nitrogens is 3. The molecule has 2 aromatic heterocycles. The van der Waals surface area contributed by atoms with Gasteiger partial charge in [0.15, 0.2) is 0 Å². The molecule has 0 atom stereocenters. The monoisotopic (exact) mass is 383 g/mol. The lowest BCUT2D eigenvalue weighted by Crippen LogP contribution is -2.48. The summed E-state index contributed by atoms with van der Waals surface area (Å²) < 4.78 is 7.55. The molecule has 0 unspecified atom stereocenters. The normalized spacial score (nSPS) is 14.4. The molecule has 8 heteroatoms. The predicted molar refractivity (Wildman–Crippen MR) is 104 cm³/mol. The largest absolute Gasteiger partial charge is 0.487 e. The van der Waals surface area contributed by atoms with Crippen molar-refractivity contribution < 1.29 is 9.53 Å². The fraction of sp³-hybridized carbons (Fsp3) is 0.316. The first-order valence-corrected chi connectivity index (χ1v) is 9.75. The molecule has 0 bridgehead atoms. The van der Waals surface area contributed by atoms with E-state index in [0.717, 1.165) is 30.2 Å². The van der Waals surface area contributed by atoms with Crippen LogP contribution in [0.3, 0.4) is 0 Å². The van der Waals surface area contributed by atoms with Crippen LogP contribution in [-0.4, -0.2) is 51.5 Å². The van der Waals surface area contributed by atoms with Crippen LogP contribution in [0.5, 0.6) is 5.75 Å². The fourth-order valence-corrected chi connectivity index (χ4v) is 3.62. The number of hydrogen-bond donors (Lipinski definition) is 0. The number of piperazine rings is 1. The van der Waals surface area contributed by atoms with Crippen molar-refractivity contribution in [2.75, 3.05) is 31.1 Å². The number of benzene rings is 1. The van der Waals surface area contributed by atoms with Crippen LogP contribution in [0.1, 0.15) is 16.2 Å². The van der Waals surface area contributed by atoms with E-state index >= 15 is 0 Å². The minimum absolute atomic E-state index is 0.000961. The van der Waals surface area contributed by atoms with E-state index in [9.17, 15) is 4.79 Å². The molecule has 1 aromatic carbocycles. The Bertz CT molecular complexity index is 883. The quantitative estimate of drug-likeness (QED) is 0.677. The summed E-state index contributed by atoms with van der Waals surface area (Å²) in [4.78, 5) is 25.0. The number of carbonyl (C=O) groups is 1. The van der Waals surface area contributed by atoms with Crippen molar-refractivity contribution in [3.05, 3.63) is 59.1 Å². The summed E-state index contributed by atoms with van der Waals surface area (Å²) >= 11 is 1.57.